The summed E-state index contributed by atoms with van der Waals surface area (Å²) in [4.78, 5) is 9.34. The molecule has 158 valence electrons. The minimum atomic E-state index is 0. The summed E-state index contributed by atoms with van der Waals surface area (Å²) < 4.78 is 5.43. The monoisotopic (exact) mass is 501 g/mol. The van der Waals surface area contributed by atoms with Crippen molar-refractivity contribution in [3.8, 4) is 0 Å². The fourth-order valence-electron chi connectivity index (χ4n) is 3.84. The van der Waals surface area contributed by atoms with E-state index in [2.05, 4.69) is 56.6 Å². The van der Waals surface area contributed by atoms with Crippen LogP contribution in [0, 0.1) is 0 Å². The van der Waals surface area contributed by atoms with Crippen molar-refractivity contribution in [3.05, 3.63) is 29.8 Å². The fourth-order valence-corrected chi connectivity index (χ4v) is 3.84. The summed E-state index contributed by atoms with van der Waals surface area (Å²) in [5.74, 6) is 0.904. The number of rotatable bonds is 6. The lowest BCUT2D eigenvalue weighted by Crippen LogP contribution is -2.48. The molecule has 28 heavy (non-hydrogen) atoms. The topological polar surface area (TPSA) is 52.1 Å². The second kappa shape index (κ2) is 12.5. The van der Waals surface area contributed by atoms with Crippen LogP contribution in [0.15, 0.2) is 29.3 Å². The molecule has 0 unspecified atom stereocenters. The zero-order chi connectivity index (χ0) is 18.9. The van der Waals surface area contributed by atoms with Gasteiger partial charge >= 0.3 is 0 Å². The summed E-state index contributed by atoms with van der Waals surface area (Å²) in [6.45, 7) is 10.2. The van der Waals surface area contributed by atoms with Gasteiger partial charge in [-0.1, -0.05) is 19.1 Å². The lowest BCUT2D eigenvalue weighted by molar-refractivity contribution is 0.122. The van der Waals surface area contributed by atoms with E-state index >= 15 is 0 Å². The van der Waals surface area contributed by atoms with Crippen molar-refractivity contribution in [1.29, 1.82) is 0 Å². The van der Waals surface area contributed by atoms with Gasteiger partial charge in [-0.3, -0.25) is 4.99 Å². The van der Waals surface area contributed by atoms with Crippen LogP contribution in [0.3, 0.4) is 0 Å². The molecule has 0 bridgehead atoms. The summed E-state index contributed by atoms with van der Waals surface area (Å²) in [5, 5.41) is 7.05. The molecule has 2 heterocycles. The van der Waals surface area contributed by atoms with Crippen LogP contribution < -0.4 is 15.5 Å². The van der Waals surface area contributed by atoms with Crippen LogP contribution in [0.2, 0.25) is 0 Å². The number of likely N-dealkylation sites (tertiary alicyclic amines) is 1. The molecule has 6 nitrogen and oxygen atoms in total. The molecule has 1 aromatic rings. The first-order valence-corrected chi connectivity index (χ1v) is 10.4. The maximum atomic E-state index is 5.43. The summed E-state index contributed by atoms with van der Waals surface area (Å²) in [7, 11) is 1.85. The van der Waals surface area contributed by atoms with E-state index in [-0.39, 0.29) is 24.0 Å². The Bertz CT molecular complexity index is 581. The Morgan fingerprint density at radius 1 is 1.11 bits per heavy atom. The average Bonchev–Trinajstić information content (AvgIpc) is 2.73. The van der Waals surface area contributed by atoms with Gasteiger partial charge in [0.2, 0.25) is 0 Å². The largest absolute Gasteiger partial charge is 0.378 e. The number of hydrogen-bond donors (Lipinski definition) is 2. The number of piperidine rings is 1. The molecule has 2 saturated heterocycles. The van der Waals surface area contributed by atoms with Crippen LogP contribution >= 0.6 is 24.0 Å². The third kappa shape index (κ3) is 7.08. The molecule has 2 fully saturated rings. The smallest absolute Gasteiger partial charge is 0.191 e. The summed E-state index contributed by atoms with van der Waals surface area (Å²) >= 11 is 0. The van der Waals surface area contributed by atoms with Gasteiger partial charge in [-0.2, -0.15) is 0 Å². The van der Waals surface area contributed by atoms with Gasteiger partial charge in [0.1, 0.15) is 0 Å². The van der Waals surface area contributed by atoms with Gasteiger partial charge in [0.15, 0.2) is 5.96 Å². The lowest BCUT2D eigenvalue weighted by Gasteiger charge is -2.32. The van der Waals surface area contributed by atoms with Crippen molar-refractivity contribution in [1.82, 2.24) is 15.5 Å². The van der Waals surface area contributed by atoms with Gasteiger partial charge < -0.3 is 25.2 Å². The second-order valence-electron chi connectivity index (χ2n) is 7.45. The van der Waals surface area contributed by atoms with E-state index in [0.29, 0.717) is 6.04 Å². The molecular weight excluding hydrogens is 465 g/mol. The minimum absolute atomic E-state index is 0. The Hall–Kier alpha value is -1.06. The van der Waals surface area contributed by atoms with Crippen LogP contribution in [0.1, 0.15) is 31.7 Å². The van der Waals surface area contributed by atoms with Crippen molar-refractivity contribution in [2.24, 2.45) is 4.99 Å². The quantitative estimate of drug-likeness (QED) is 0.357. The number of ether oxygens (including phenoxy) is 1. The number of benzene rings is 1. The van der Waals surface area contributed by atoms with Crippen LogP contribution in [0.4, 0.5) is 5.69 Å². The number of aliphatic imine (C=N–C) groups is 1. The molecule has 7 heteroatoms. The van der Waals surface area contributed by atoms with E-state index in [1.54, 1.807) is 0 Å². The highest BCUT2D eigenvalue weighted by molar-refractivity contribution is 14.0. The SMILES string of the molecule is CCCN1CCC(NC(=NC)NCc2ccc(N3CCOCC3)cc2)CC1.I. The van der Waals surface area contributed by atoms with Crippen molar-refractivity contribution in [2.45, 2.75) is 38.8 Å². The average molecular weight is 501 g/mol. The Labute approximate surface area is 187 Å². The van der Waals surface area contributed by atoms with Gasteiger partial charge in [0.25, 0.3) is 0 Å². The summed E-state index contributed by atoms with van der Waals surface area (Å²) in [5.41, 5.74) is 2.55. The number of nitrogens with one attached hydrogen (secondary N) is 2. The van der Waals surface area contributed by atoms with E-state index in [1.165, 1.54) is 50.1 Å². The van der Waals surface area contributed by atoms with Gasteiger partial charge in [0.05, 0.1) is 13.2 Å². The standard InChI is InChI=1S/C21H35N5O.HI/c1-3-10-25-11-8-19(9-12-25)24-21(22-2)23-17-18-4-6-20(7-5-18)26-13-15-27-16-14-26;/h4-7,19H,3,8-17H2,1-2H3,(H2,22,23,24);1H. The van der Waals surface area contributed by atoms with Crippen LogP contribution in [-0.2, 0) is 11.3 Å². The lowest BCUT2D eigenvalue weighted by atomic mass is 10.1. The Kier molecular flexibility index (Phi) is 10.4. The van der Waals surface area contributed by atoms with E-state index in [9.17, 15) is 0 Å². The van der Waals surface area contributed by atoms with Gasteiger partial charge in [0, 0.05) is 51.5 Å². The van der Waals surface area contributed by atoms with Crippen molar-refractivity contribution in [2.75, 3.05) is 57.9 Å². The van der Waals surface area contributed by atoms with Gasteiger partial charge in [-0.15, -0.1) is 24.0 Å². The van der Waals surface area contributed by atoms with Crippen LogP contribution in [0.25, 0.3) is 0 Å². The first-order chi connectivity index (χ1) is 13.3. The Morgan fingerprint density at radius 2 is 1.79 bits per heavy atom. The number of nitrogens with zero attached hydrogens (tertiary/aromatic N) is 3. The predicted octanol–water partition coefficient (Wildman–Crippen LogP) is 2.68. The molecule has 0 aromatic heterocycles. The number of hydrogen-bond acceptors (Lipinski definition) is 4. The Morgan fingerprint density at radius 3 is 2.39 bits per heavy atom. The number of guanidine groups is 1. The third-order valence-corrected chi connectivity index (χ3v) is 5.46. The van der Waals surface area contributed by atoms with E-state index < -0.39 is 0 Å². The summed E-state index contributed by atoms with van der Waals surface area (Å²) in [6.07, 6.45) is 3.62. The predicted molar refractivity (Wildman–Crippen MR) is 128 cm³/mol. The molecule has 3 rings (SSSR count). The number of anilines is 1. The van der Waals surface area contributed by atoms with Crippen LogP contribution in [-0.4, -0.2) is 69.9 Å². The maximum Gasteiger partial charge on any atom is 0.191 e. The highest BCUT2D eigenvalue weighted by Crippen LogP contribution is 2.16. The van der Waals surface area contributed by atoms with E-state index in [4.69, 9.17) is 4.74 Å². The highest BCUT2D eigenvalue weighted by Gasteiger charge is 2.19. The first-order valence-electron chi connectivity index (χ1n) is 10.4. The van der Waals surface area contributed by atoms with E-state index in [1.807, 2.05) is 7.05 Å². The molecule has 2 aliphatic rings. The van der Waals surface area contributed by atoms with Crippen molar-refractivity contribution in [3.63, 3.8) is 0 Å². The van der Waals surface area contributed by atoms with Gasteiger partial charge in [-0.05, 0) is 43.5 Å². The molecule has 2 aliphatic heterocycles. The molecule has 0 saturated carbocycles. The minimum Gasteiger partial charge on any atom is -0.378 e. The zero-order valence-electron chi connectivity index (χ0n) is 17.3. The normalized spacial score (nSPS) is 19.2. The number of morpholine rings is 1. The Balaban J connectivity index is 0.00000280. The third-order valence-electron chi connectivity index (χ3n) is 5.46. The first kappa shape index (κ1) is 23.2. The molecule has 0 aliphatic carbocycles. The molecule has 0 spiro atoms. The number of halogens is 1. The van der Waals surface area contributed by atoms with Crippen LogP contribution in [0.5, 0.6) is 0 Å². The van der Waals surface area contributed by atoms with Crippen molar-refractivity contribution >= 4 is 35.6 Å². The van der Waals surface area contributed by atoms with Gasteiger partial charge in [-0.25, -0.2) is 0 Å². The molecule has 0 amide bonds. The highest BCUT2D eigenvalue weighted by atomic mass is 127. The fraction of sp³-hybridized carbons (Fsp3) is 0.667. The zero-order valence-corrected chi connectivity index (χ0v) is 19.7. The second-order valence-corrected chi connectivity index (χ2v) is 7.45. The summed E-state index contributed by atoms with van der Waals surface area (Å²) in [6, 6.07) is 9.35. The molecule has 1 aromatic carbocycles. The van der Waals surface area contributed by atoms with Crippen molar-refractivity contribution < 1.29 is 4.74 Å². The molecule has 2 N–H and O–H groups in total. The van der Waals surface area contributed by atoms with E-state index in [0.717, 1.165) is 38.8 Å². The molecular formula is C21H36IN5O. The molecule has 0 atom stereocenters. The molecule has 0 radical (unpaired) electrons. The maximum absolute atomic E-state index is 5.43.